The van der Waals surface area contributed by atoms with Crippen LogP contribution in [0.2, 0.25) is 0 Å². The predicted octanol–water partition coefficient (Wildman–Crippen LogP) is -2.18. The Kier molecular flexibility index (Phi) is 43.3. The van der Waals surface area contributed by atoms with E-state index in [9.17, 15) is 101 Å². The Bertz CT molecular complexity index is 2540. The zero-order valence-corrected chi connectivity index (χ0v) is 64.0. The molecule has 35 nitrogen and oxygen atoms in total. The first kappa shape index (κ1) is 94.8. The Morgan fingerprint density at radius 3 is 1.28 bits per heavy atom. The van der Waals surface area contributed by atoms with Crippen LogP contribution in [0.15, 0.2) is 12.2 Å². The molecule has 3 amide bonds. The number of nitrogens with one attached hydrogen (secondary N) is 3. The first-order chi connectivity index (χ1) is 52.3. The first-order valence-electron chi connectivity index (χ1n) is 39.8. The highest BCUT2D eigenvalue weighted by Crippen LogP contribution is 2.39. The van der Waals surface area contributed by atoms with Gasteiger partial charge >= 0.3 is 0 Å². The van der Waals surface area contributed by atoms with E-state index in [2.05, 4.69) is 29.8 Å². The monoisotopic (exact) mass is 1580 g/mol. The van der Waals surface area contributed by atoms with Gasteiger partial charge in [0.25, 0.3) is 0 Å². The Balaban J connectivity index is 1.22. The summed E-state index contributed by atoms with van der Waals surface area (Å²) in [5.74, 6) is -2.01. The molecule has 0 aromatic rings. The Hall–Kier alpha value is -3.01. The molecule has 109 heavy (non-hydrogen) atoms. The highest BCUT2D eigenvalue weighted by molar-refractivity contribution is 5.76. The van der Waals surface area contributed by atoms with Gasteiger partial charge in [-0.3, -0.25) is 14.4 Å². The maximum atomic E-state index is 13.6. The Morgan fingerprint density at radius 2 is 0.761 bits per heavy atom. The van der Waals surface area contributed by atoms with Gasteiger partial charge in [0.15, 0.2) is 37.7 Å². The van der Waals surface area contributed by atoms with Gasteiger partial charge in [-0.2, -0.15) is 0 Å². The van der Waals surface area contributed by atoms with E-state index in [1.54, 1.807) is 6.08 Å². The smallest absolute Gasteiger partial charge is 0.220 e. The topological polar surface area (TPSA) is 542 Å². The highest BCUT2D eigenvalue weighted by atomic mass is 16.8. The average molecular weight is 1580 g/mol. The molecule has 6 rings (SSSR count). The summed E-state index contributed by atoms with van der Waals surface area (Å²) in [6.45, 7) is 2.16. The number of ether oxygens (including phenoxy) is 12. The average Bonchev–Trinajstić information content (AvgIpc) is 0.750. The lowest BCUT2D eigenvalue weighted by Crippen LogP contribution is -2.71. The summed E-state index contributed by atoms with van der Waals surface area (Å²) in [4.78, 5) is 39.1. The van der Waals surface area contributed by atoms with E-state index in [1.165, 1.54) is 103 Å². The van der Waals surface area contributed by atoms with Crippen LogP contribution in [0.4, 0.5) is 0 Å². The van der Waals surface area contributed by atoms with E-state index >= 15 is 0 Å². The molecule has 6 aliphatic rings. The van der Waals surface area contributed by atoms with Gasteiger partial charge in [-0.05, 0) is 26.2 Å². The number of allylic oxidation sites excluding steroid dienone is 1. The van der Waals surface area contributed by atoms with E-state index in [1.807, 2.05) is 6.08 Å². The predicted molar refractivity (Wildman–Crippen MR) is 383 cm³/mol. The van der Waals surface area contributed by atoms with Crippen molar-refractivity contribution < 1.29 is 158 Å². The molecule has 0 aromatic heterocycles. The van der Waals surface area contributed by atoms with Crippen molar-refractivity contribution in [2.75, 3.05) is 39.6 Å². The zero-order chi connectivity index (χ0) is 79.9. The van der Waals surface area contributed by atoms with Crippen molar-refractivity contribution in [2.24, 2.45) is 0 Å². The third kappa shape index (κ3) is 28.4. The normalized spacial score (nSPS) is 37.9. The van der Waals surface area contributed by atoms with Crippen LogP contribution in [0.5, 0.6) is 0 Å². The van der Waals surface area contributed by atoms with Gasteiger partial charge in [0.05, 0.1) is 57.9 Å². The van der Waals surface area contributed by atoms with Crippen LogP contribution in [0.3, 0.4) is 0 Å². The zero-order valence-electron chi connectivity index (χ0n) is 64.0. The highest BCUT2D eigenvalue weighted by Gasteiger charge is 2.59. The molecule has 0 saturated carbocycles. The second kappa shape index (κ2) is 49.8. The fourth-order valence-electron chi connectivity index (χ4n) is 14.7. The van der Waals surface area contributed by atoms with Crippen molar-refractivity contribution in [2.45, 2.75) is 398 Å². The van der Waals surface area contributed by atoms with E-state index in [0.717, 1.165) is 65.2 Å². The number of carbonyl (C=O) groups is 3. The van der Waals surface area contributed by atoms with Crippen molar-refractivity contribution >= 4 is 17.7 Å². The summed E-state index contributed by atoms with van der Waals surface area (Å²) < 4.78 is 72.3. The Labute approximate surface area is 639 Å². The van der Waals surface area contributed by atoms with Gasteiger partial charge in [-0.25, -0.2) is 0 Å². The number of amides is 3. The lowest BCUT2D eigenvalue weighted by Gasteiger charge is -2.51. The van der Waals surface area contributed by atoms with Gasteiger partial charge in [0, 0.05) is 20.3 Å². The molecular weight excluding hydrogens is 1440 g/mol. The lowest BCUT2D eigenvalue weighted by atomic mass is 9.94. The Morgan fingerprint density at radius 1 is 0.376 bits per heavy atom. The maximum Gasteiger partial charge on any atom is 0.220 e. The van der Waals surface area contributed by atoms with E-state index in [0.29, 0.717) is 12.8 Å². The number of carbonyl (C=O) groups excluding carboxylic acids is 3. The van der Waals surface area contributed by atoms with Crippen molar-refractivity contribution in [3.63, 3.8) is 0 Å². The van der Waals surface area contributed by atoms with Crippen LogP contribution in [0.1, 0.15) is 202 Å². The lowest BCUT2D eigenvalue weighted by molar-refractivity contribution is -0.401. The fourth-order valence-corrected chi connectivity index (χ4v) is 14.7. The largest absolute Gasteiger partial charge is 0.394 e. The molecule has 0 aliphatic carbocycles. The molecule has 6 aliphatic heterocycles. The molecule has 0 bridgehead atoms. The fraction of sp³-hybridized carbons (Fsp3) is 0.932. The van der Waals surface area contributed by atoms with Gasteiger partial charge in [0.2, 0.25) is 17.7 Å². The maximum absolute atomic E-state index is 13.6. The molecule has 0 spiro atoms. The van der Waals surface area contributed by atoms with Crippen LogP contribution in [-0.2, 0) is 71.2 Å². The summed E-state index contributed by atoms with van der Waals surface area (Å²) in [5.41, 5.74) is 0. The molecule has 12 unspecified atom stereocenters. The van der Waals surface area contributed by atoms with Gasteiger partial charge < -0.3 is 160 Å². The van der Waals surface area contributed by atoms with Crippen LogP contribution in [0, 0.1) is 0 Å². The van der Waals surface area contributed by atoms with Gasteiger partial charge in [-0.1, -0.05) is 167 Å². The van der Waals surface area contributed by atoms with Crippen molar-refractivity contribution in [3.8, 4) is 0 Å². The molecule has 0 aromatic carbocycles. The molecule has 6 saturated heterocycles. The van der Waals surface area contributed by atoms with E-state index < -0.39 is 248 Å². The number of rotatable bonds is 49. The van der Waals surface area contributed by atoms with Crippen LogP contribution in [0.25, 0.3) is 0 Å². The third-order valence-electron chi connectivity index (χ3n) is 21.2. The molecular formula is C74H133N3O32. The molecule has 6 fully saturated rings. The van der Waals surface area contributed by atoms with Crippen LogP contribution in [-0.4, -0.2) is 340 Å². The van der Waals surface area contributed by atoms with E-state index in [4.69, 9.17) is 56.8 Å². The van der Waals surface area contributed by atoms with Crippen molar-refractivity contribution in [3.05, 3.63) is 12.2 Å². The summed E-state index contributed by atoms with van der Waals surface area (Å²) in [7, 11) is 0. The minimum Gasteiger partial charge on any atom is -0.394 e. The molecule has 6 heterocycles. The van der Waals surface area contributed by atoms with Crippen molar-refractivity contribution in [1.82, 2.24) is 16.0 Å². The van der Waals surface area contributed by atoms with Gasteiger partial charge in [-0.15, -0.1) is 0 Å². The molecule has 35 heteroatoms. The molecule has 0 radical (unpaired) electrons. The molecule has 20 N–H and O–H groups in total. The van der Waals surface area contributed by atoms with Gasteiger partial charge in [0.1, 0.15) is 140 Å². The minimum atomic E-state index is -2.37. The summed E-state index contributed by atoms with van der Waals surface area (Å²) in [6, 6.07) is -4.56. The summed E-state index contributed by atoms with van der Waals surface area (Å²) >= 11 is 0. The van der Waals surface area contributed by atoms with E-state index in [-0.39, 0.29) is 12.3 Å². The van der Waals surface area contributed by atoms with Crippen LogP contribution < -0.4 is 16.0 Å². The number of hydrogen-bond donors (Lipinski definition) is 20. The molecule has 636 valence electrons. The standard InChI is InChI=1S/C74H133N3O32/c1-6-8-10-12-14-16-18-20-22-24-26-28-30-32-44(85)43(77-50(86)33-31-29-27-25-23-21-19-17-15-13-11-9-7-2)39-98-71-61(95)59(93)64(48(37-81)103-71)105-74-63(97)68(65(49(38-82)104-74)106-69-51(75-41(4)83)57(91)54(88)45(34-78)100-69)109-73-62(96)67(56(90)47(36-80)102-73)108-70-52(76-42(5)84)66(55(89)46(35-79)101-70)107-72-60(94)58(92)53(87)40(3)99-72/h30,32,40,43-49,51-74,78-82,85,87-97H,6-29,31,33-39H2,1-5H3,(H,75,83)(H,76,84)(H,77,86)/b32-30+/t40?,43-,44+,45?,46?,47?,48?,49?,51?,52?,53+,54-,55+,56-,57+,58?,59+,60-,61?,62?,63?,64+,65-,66+,67-,68+,69-,70-,71+,72+,73+,74-/m0/s1. The van der Waals surface area contributed by atoms with Crippen LogP contribution >= 0.6 is 0 Å². The first-order valence-corrected chi connectivity index (χ1v) is 39.8. The quantitative estimate of drug-likeness (QED) is 0.0227. The minimum absolute atomic E-state index is 0.152. The number of unbranched alkanes of at least 4 members (excludes halogenated alkanes) is 23. The van der Waals surface area contributed by atoms with Crippen molar-refractivity contribution in [1.29, 1.82) is 0 Å². The summed E-state index contributed by atoms with van der Waals surface area (Å²) in [6.07, 6.45) is -24.0. The molecule has 32 atom stereocenters. The third-order valence-corrected chi connectivity index (χ3v) is 21.2. The SMILES string of the molecule is CCCCCCCCCCCCC/C=C/[C@@H](O)[C@H](CO[C@@H]1OC(CO)[C@@H](O[C@@H]2OC(CO)[C@H](O[C@@H]3OC(CO)[C@H](O)[C@H](O)C3NC(C)=O)[C@H](O[C@H]3OC(CO)[C@H](O)[C@H](O[C@@H]4OC(CO)[C@@H](O)[C@H](O[C@H]5OC(C)[C@@H](O)C(O)[C@@H]5O)C4NC(C)=O)C3O)C2O)[C@H](O)C1O)NC(=O)CCCCCCCCCCCCCCC. The second-order valence-electron chi connectivity index (χ2n) is 29.9. The number of aliphatic hydroxyl groups is 17. The number of aliphatic hydroxyl groups excluding tert-OH is 17. The second-order valence-corrected chi connectivity index (χ2v) is 29.9. The summed E-state index contributed by atoms with van der Waals surface area (Å²) in [5, 5.41) is 199. The number of hydrogen-bond acceptors (Lipinski definition) is 32.